The van der Waals surface area contributed by atoms with E-state index in [1.54, 1.807) is 36.4 Å². The van der Waals surface area contributed by atoms with Gasteiger partial charge < -0.3 is 15.4 Å². The predicted octanol–water partition coefficient (Wildman–Crippen LogP) is 2.30. The lowest BCUT2D eigenvalue weighted by atomic mass is 10.1. The summed E-state index contributed by atoms with van der Waals surface area (Å²) in [5.74, 6) is -1.35. The van der Waals surface area contributed by atoms with Crippen molar-refractivity contribution >= 4 is 29.6 Å². The van der Waals surface area contributed by atoms with Crippen LogP contribution in [0.15, 0.2) is 47.6 Å². The van der Waals surface area contributed by atoms with E-state index in [2.05, 4.69) is 21.2 Å². The molecule has 0 saturated carbocycles. The highest BCUT2D eigenvalue weighted by Gasteiger charge is 2.13. The Labute approximate surface area is 175 Å². The molecule has 0 spiro atoms. The molecular formula is C22H26N4O4. The number of nitrogens with one attached hydrogen (secondary N) is 3. The number of hydrazone groups is 1. The third kappa shape index (κ3) is 7.38. The molecule has 0 bridgehead atoms. The molecule has 0 aromatic heterocycles. The van der Waals surface area contributed by atoms with Crippen LogP contribution in [-0.4, -0.2) is 36.6 Å². The van der Waals surface area contributed by atoms with Crippen LogP contribution in [0, 0.1) is 13.8 Å². The van der Waals surface area contributed by atoms with Crippen molar-refractivity contribution in [2.75, 3.05) is 11.9 Å². The van der Waals surface area contributed by atoms with Crippen molar-refractivity contribution in [2.24, 2.45) is 5.10 Å². The summed E-state index contributed by atoms with van der Waals surface area (Å²) in [5.41, 5.74) is 5.52. The monoisotopic (exact) mass is 410 g/mol. The molecule has 0 saturated heterocycles. The minimum absolute atomic E-state index is 0.0537. The molecule has 0 aliphatic heterocycles. The average molecular weight is 410 g/mol. The first kappa shape index (κ1) is 22.6. The fourth-order valence-electron chi connectivity index (χ4n) is 2.39. The predicted molar refractivity (Wildman–Crippen MR) is 115 cm³/mol. The van der Waals surface area contributed by atoms with Gasteiger partial charge in [-0.05, 0) is 80.8 Å². The number of amides is 3. The second-order valence-electron chi connectivity index (χ2n) is 7.03. The van der Waals surface area contributed by atoms with Crippen LogP contribution in [-0.2, 0) is 14.4 Å². The van der Waals surface area contributed by atoms with Gasteiger partial charge in [0.05, 0.1) is 6.21 Å². The van der Waals surface area contributed by atoms with Crippen LogP contribution in [0.3, 0.4) is 0 Å². The van der Waals surface area contributed by atoms with Crippen molar-refractivity contribution in [2.45, 2.75) is 33.7 Å². The molecule has 30 heavy (non-hydrogen) atoms. The Bertz CT molecular complexity index is 937. The van der Waals surface area contributed by atoms with Crippen LogP contribution in [0.1, 0.15) is 30.5 Å². The highest BCUT2D eigenvalue weighted by atomic mass is 16.5. The lowest BCUT2D eigenvalue weighted by molar-refractivity contribution is -0.136. The summed E-state index contributed by atoms with van der Waals surface area (Å²) in [6.07, 6.45) is 1.40. The first-order valence-corrected chi connectivity index (χ1v) is 9.48. The minimum Gasteiger partial charge on any atom is -0.484 e. The quantitative estimate of drug-likeness (QED) is 0.370. The maximum Gasteiger partial charge on any atom is 0.329 e. The summed E-state index contributed by atoms with van der Waals surface area (Å²) in [7, 11) is 0. The Hall–Kier alpha value is -3.68. The number of carbonyl (C=O) groups excluding carboxylic acids is 3. The van der Waals surface area contributed by atoms with Gasteiger partial charge in [0, 0.05) is 11.7 Å². The number of hydrogen-bond acceptors (Lipinski definition) is 5. The van der Waals surface area contributed by atoms with E-state index in [9.17, 15) is 14.4 Å². The molecule has 3 N–H and O–H groups in total. The molecule has 158 valence electrons. The average Bonchev–Trinajstić information content (AvgIpc) is 2.69. The molecule has 3 amide bonds. The van der Waals surface area contributed by atoms with Gasteiger partial charge in [-0.1, -0.05) is 6.07 Å². The van der Waals surface area contributed by atoms with Gasteiger partial charge in [0.1, 0.15) is 5.75 Å². The van der Waals surface area contributed by atoms with E-state index in [4.69, 9.17) is 4.74 Å². The molecule has 0 heterocycles. The Morgan fingerprint density at radius 3 is 2.33 bits per heavy atom. The molecule has 8 heteroatoms. The Balaban J connectivity index is 1.81. The molecule has 0 aliphatic carbocycles. The maximum absolute atomic E-state index is 11.9. The van der Waals surface area contributed by atoms with Crippen molar-refractivity contribution in [3.05, 3.63) is 59.2 Å². The third-order valence-corrected chi connectivity index (χ3v) is 4.05. The number of benzene rings is 2. The fourth-order valence-corrected chi connectivity index (χ4v) is 2.39. The Morgan fingerprint density at radius 1 is 1.00 bits per heavy atom. The summed E-state index contributed by atoms with van der Waals surface area (Å²) >= 11 is 0. The lowest BCUT2D eigenvalue weighted by Gasteiger charge is -2.09. The van der Waals surface area contributed by atoms with Crippen LogP contribution in [0.4, 0.5) is 5.69 Å². The van der Waals surface area contributed by atoms with E-state index in [-0.39, 0.29) is 18.6 Å². The van der Waals surface area contributed by atoms with Crippen molar-refractivity contribution in [3.63, 3.8) is 0 Å². The lowest BCUT2D eigenvalue weighted by Crippen LogP contribution is -2.34. The largest absolute Gasteiger partial charge is 0.484 e. The number of anilines is 1. The number of aryl methyl sites for hydroxylation is 2. The smallest absolute Gasteiger partial charge is 0.329 e. The van der Waals surface area contributed by atoms with Gasteiger partial charge >= 0.3 is 11.8 Å². The van der Waals surface area contributed by atoms with Gasteiger partial charge in [-0.15, -0.1) is 0 Å². The molecule has 0 aliphatic rings. The fraction of sp³-hybridized carbons (Fsp3) is 0.273. The minimum atomic E-state index is -0.874. The highest BCUT2D eigenvalue weighted by Crippen LogP contribution is 2.14. The first-order chi connectivity index (χ1) is 14.2. The van der Waals surface area contributed by atoms with Gasteiger partial charge in [-0.3, -0.25) is 14.4 Å². The SMILES string of the molecule is Cc1ccc(NC(=O)C(=O)N/N=C\c2ccc(OCC(=O)NC(C)C)cc2)cc1C. The third-order valence-electron chi connectivity index (χ3n) is 4.05. The van der Waals surface area contributed by atoms with E-state index < -0.39 is 11.8 Å². The molecule has 2 aromatic carbocycles. The first-order valence-electron chi connectivity index (χ1n) is 9.48. The zero-order valence-electron chi connectivity index (χ0n) is 17.5. The normalized spacial score (nSPS) is 10.7. The maximum atomic E-state index is 11.9. The summed E-state index contributed by atoms with van der Waals surface area (Å²) in [5, 5.41) is 9.04. The van der Waals surface area contributed by atoms with Crippen LogP contribution < -0.4 is 20.8 Å². The van der Waals surface area contributed by atoms with Crippen LogP contribution in [0.2, 0.25) is 0 Å². The van der Waals surface area contributed by atoms with Crippen molar-refractivity contribution < 1.29 is 19.1 Å². The van der Waals surface area contributed by atoms with Crippen molar-refractivity contribution in [1.82, 2.24) is 10.7 Å². The molecule has 0 unspecified atom stereocenters. The molecule has 2 aromatic rings. The Morgan fingerprint density at radius 2 is 1.70 bits per heavy atom. The van der Waals surface area contributed by atoms with E-state index in [1.165, 1.54) is 6.21 Å². The molecular weight excluding hydrogens is 384 g/mol. The van der Waals surface area contributed by atoms with Crippen LogP contribution >= 0.6 is 0 Å². The second kappa shape index (κ2) is 10.8. The van der Waals surface area contributed by atoms with E-state index in [1.807, 2.05) is 33.8 Å². The summed E-state index contributed by atoms with van der Waals surface area (Å²) in [6, 6.07) is 12.2. The van der Waals surface area contributed by atoms with Gasteiger partial charge in [-0.2, -0.15) is 5.10 Å². The van der Waals surface area contributed by atoms with Crippen molar-refractivity contribution in [3.8, 4) is 5.75 Å². The number of hydrogen-bond donors (Lipinski definition) is 3. The molecule has 0 atom stereocenters. The molecule has 2 rings (SSSR count). The zero-order chi connectivity index (χ0) is 22.1. The van der Waals surface area contributed by atoms with Gasteiger partial charge in [0.15, 0.2) is 6.61 Å². The van der Waals surface area contributed by atoms with Crippen molar-refractivity contribution in [1.29, 1.82) is 0 Å². The van der Waals surface area contributed by atoms with E-state index in [0.717, 1.165) is 11.1 Å². The molecule has 8 nitrogen and oxygen atoms in total. The summed E-state index contributed by atoms with van der Waals surface area (Å²) < 4.78 is 5.39. The van der Waals surface area contributed by atoms with E-state index in [0.29, 0.717) is 17.0 Å². The highest BCUT2D eigenvalue weighted by molar-refractivity contribution is 6.39. The molecule has 0 radical (unpaired) electrons. The second-order valence-corrected chi connectivity index (χ2v) is 7.03. The standard InChI is InChI=1S/C22H26N4O4/c1-14(2)24-20(27)13-30-19-9-6-17(7-10-19)12-23-26-22(29)21(28)25-18-8-5-15(3)16(4)11-18/h5-12,14H,13H2,1-4H3,(H,24,27)(H,25,28)(H,26,29)/b23-12-. The van der Waals surface area contributed by atoms with Gasteiger partial charge in [0.2, 0.25) is 0 Å². The molecule has 0 fully saturated rings. The summed E-state index contributed by atoms with van der Waals surface area (Å²) in [4.78, 5) is 35.4. The number of rotatable bonds is 7. The van der Waals surface area contributed by atoms with Crippen LogP contribution in [0.25, 0.3) is 0 Å². The van der Waals surface area contributed by atoms with Gasteiger partial charge in [0.25, 0.3) is 5.91 Å². The van der Waals surface area contributed by atoms with E-state index >= 15 is 0 Å². The van der Waals surface area contributed by atoms with Crippen LogP contribution in [0.5, 0.6) is 5.75 Å². The topological polar surface area (TPSA) is 109 Å². The van der Waals surface area contributed by atoms with Gasteiger partial charge in [-0.25, -0.2) is 5.43 Å². The number of ether oxygens (including phenoxy) is 1. The zero-order valence-corrected chi connectivity index (χ0v) is 17.5. The number of nitrogens with zero attached hydrogens (tertiary/aromatic N) is 1. The Kier molecular flexibility index (Phi) is 8.10. The number of carbonyl (C=O) groups is 3. The summed E-state index contributed by atoms with van der Waals surface area (Å²) in [6.45, 7) is 7.56.